The normalized spacial score (nSPS) is 9.60. The molecule has 0 aromatic carbocycles. The van der Waals surface area contributed by atoms with Crippen LogP contribution in [0.1, 0.15) is 0 Å². The summed E-state index contributed by atoms with van der Waals surface area (Å²) in [7, 11) is 0. The summed E-state index contributed by atoms with van der Waals surface area (Å²) in [4.78, 5) is 3.79. The minimum Gasteiger partial charge on any atom is -0.378 e. The summed E-state index contributed by atoms with van der Waals surface area (Å²) in [5, 5.41) is 7.48. The first-order valence-electron chi connectivity index (χ1n) is 2.41. The molecule has 0 radical (unpaired) electrons. The van der Waals surface area contributed by atoms with E-state index < -0.39 is 0 Å². The number of thioether (sulfide) groups is 1. The van der Waals surface area contributed by atoms with Crippen LogP contribution in [0.3, 0.4) is 0 Å². The Morgan fingerprint density at radius 1 is 1.80 bits per heavy atom. The number of hydrogen-bond acceptors (Lipinski definition) is 5. The quantitative estimate of drug-likeness (QED) is 0.332. The number of thiazole rings is 1. The molecule has 0 atom stereocenters. The summed E-state index contributed by atoms with van der Waals surface area (Å²) < 4.78 is 0.852. The first-order valence-corrected chi connectivity index (χ1v) is 4.05. The minimum atomic E-state index is 0.0589. The Bertz CT molecular complexity index is 243. The molecule has 1 aromatic heterocycles. The zero-order chi connectivity index (χ0) is 7.56. The minimum absolute atomic E-state index is 0.0589. The van der Waals surface area contributed by atoms with Crippen molar-refractivity contribution in [3.05, 3.63) is 6.20 Å². The van der Waals surface area contributed by atoms with Crippen molar-refractivity contribution in [2.24, 2.45) is 5.73 Å². The largest absolute Gasteiger partial charge is 0.378 e. The molecule has 6 heteroatoms. The Balaban J connectivity index is 2.67. The van der Waals surface area contributed by atoms with E-state index in [4.69, 9.17) is 16.9 Å². The number of anilines is 1. The third-order valence-corrected chi connectivity index (χ3v) is 2.36. The van der Waals surface area contributed by atoms with Gasteiger partial charge >= 0.3 is 0 Å². The van der Waals surface area contributed by atoms with E-state index in [1.54, 1.807) is 6.20 Å². The van der Waals surface area contributed by atoms with Crippen molar-refractivity contribution in [2.75, 3.05) is 5.73 Å². The maximum Gasteiger partial charge on any atom is 0.181 e. The molecular formula is C4H6N4S2. The lowest BCUT2D eigenvalue weighted by Crippen LogP contribution is -2.01. The fourth-order valence-corrected chi connectivity index (χ4v) is 1.86. The standard InChI is InChI=1S/C4H6N4S2/c5-3(6)9-2-1-8-4(7)10-2/h1H,(H3,5,6)(H2,7,8). The summed E-state index contributed by atoms with van der Waals surface area (Å²) in [5.41, 5.74) is 10.5. The van der Waals surface area contributed by atoms with Crippen LogP contribution in [0.4, 0.5) is 5.13 Å². The van der Waals surface area contributed by atoms with Crippen LogP contribution in [0.2, 0.25) is 0 Å². The van der Waals surface area contributed by atoms with Gasteiger partial charge in [0.15, 0.2) is 10.3 Å². The predicted octanol–water partition coefficient (Wildman–Crippen LogP) is 0.711. The Kier molecular flexibility index (Phi) is 2.13. The topological polar surface area (TPSA) is 88.8 Å². The maximum absolute atomic E-state index is 6.92. The van der Waals surface area contributed by atoms with Gasteiger partial charge in [0.25, 0.3) is 0 Å². The van der Waals surface area contributed by atoms with Gasteiger partial charge in [0.1, 0.15) is 0 Å². The lowest BCUT2D eigenvalue weighted by atomic mass is 11.0. The molecule has 5 N–H and O–H groups in total. The van der Waals surface area contributed by atoms with Crippen molar-refractivity contribution in [2.45, 2.75) is 4.21 Å². The molecule has 0 saturated heterocycles. The number of rotatable bonds is 1. The number of amidine groups is 1. The summed E-state index contributed by atoms with van der Waals surface area (Å²) >= 11 is 2.48. The number of nitrogens with two attached hydrogens (primary N) is 2. The maximum atomic E-state index is 6.92. The summed E-state index contributed by atoms with van der Waals surface area (Å²) in [6, 6.07) is 0. The second-order valence-corrected chi connectivity index (χ2v) is 3.89. The number of nitrogen functional groups attached to an aromatic ring is 1. The van der Waals surface area contributed by atoms with Gasteiger partial charge in [0.05, 0.1) is 10.4 Å². The van der Waals surface area contributed by atoms with Crippen molar-refractivity contribution in [1.29, 1.82) is 5.41 Å². The fraction of sp³-hybridized carbons (Fsp3) is 0. The molecule has 0 saturated carbocycles. The van der Waals surface area contributed by atoms with E-state index in [0.717, 1.165) is 16.0 Å². The lowest BCUT2D eigenvalue weighted by molar-refractivity contribution is 1.38. The average molecular weight is 174 g/mol. The summed E-state index contributed by atoms with van der Waals surface area (Å²) in [6.45, 7) is 0. The van der Waals surface area contributed by atoms with Crippen molar-refractivity contribution >= 4 is 33.4 Å². The van der Waals surface area contributed by atoms with Gasteiger partial charge in [-0.05, 0) is 11.8 Å². The van der Waals surface area contributed by atoms with E-state index in [0.29, 0.717) is 5.13 Å². The van der Waals surface area contributed by atoms with Gasteiger partial charge in [0, 0.05) is 0 Å². The van der Waals surface area contributed by atoms with Crippen LogP contribution in [0.5, 0.6) is 0 Å². The number of nitrogens with zero attached hydrogens (tertiary/aromatic N) is 1. The van der Waals surface area contributed by atoms with Crippen LogP contribution in [0.15, 0.2) is 10.4 Å². The van der Waals surface area contributed by atoms with Gasteiger partial charge in [-0.3, -0.25) is 5.41 Å². The smallest absolute Gasteiger partial charge is 0.181 e. The zero-order valence-electron chi connectivity index (χ0n) is 5.00. The highest BCUT2D eigenvalue weighted by atomic mass is 32.2. The van der Waals surface area contributed by atoms with Crippen molar-refractivity contribution < 1.29 is 0 Å². The molecule has 1 rings (SSSR count). The monoisotopic (exact) mass is 174 g/mol. The summed E-state index contributed by atoms with van der Waals surface area (Å²) in [5.74, 6) is 0. The molecule has 0 aliphatic rings. The second kappa shape index (κ2) is 2.89. The van der Waals surface area contributed by atoms with Gasteiger partial charge in [-0.15, -0.1) is 0 Å². The Morgan fingerprint density at radius 3 is 2.90 bits per heavy atom. The highest BCUT2D eigenvalue weighted by Crippen LogP contribution is 2.25. The van der Waals surface area contributed by atoms with Crippen LogP contribution in [0.25, 0.3) is 0 Å². The van der Waals surface area contributed by atoms with Crippen molar-refractivity contribution in [1.82, 2.24) is 4.98 Å². The van der Waals surface area contributed by atoms with Crippen molar-refractivity contribution in [3.63, 3.8) is 0 Å². The molecule has 54 valence electrons. The first kappa shape index (κ1) is 7.36. The van der Waals surface area contributed by atoms with Gasteiger partial charge in [-0.25, -0.2) is 4.98 Å². The molecule has 4 nitrogen and oxygen atoms in total. The van der Waals surface area contributed by atoms with E-state index in [1.807, 2.05) is 0 Å². The van der Waals surface area contributed by atoms with Gasteiger partial charge < -0.3 is 11.5 Å². The first-order chi connectivity index (χ1) is 4.68. The van der Waals surface area contributed by atoms with Crippen molar-refractivity contribution in [3.8, 4) is 0 Å². The van der Waals surface area contributed by atoms with E-state index >= 15 is 0 Å². The van der Waals surface area contributed by atoms with E-state index in [1.165, 1.54) is 11.3 Å². The Morgan fingerprint density at radius 2 is 2.50 bits per heavy atom. The second-order valence-electron chi connectivity index (χ2n) is 1.48. The number of aromatic nitrogens is 1. The predicted molar refractivity (Wildman–Crippen MR) is 44.3 cm³/mol. The highest BCUT2D eigenvalue weighted by molar-refractivity contribution is 8.15. The SMILES string of the molecule is N=C(N)Sc1cnc(N)s1. The lowest BCUT2D eigenvalue weighted by Gasteiger charge is -1.88. The molecule has 1 aromatic rings. The number of hydrogen-bond donors (Lipinski definition) is 3. The Hall–Kier alpha value is -0.750. The van der Waals surface area contributed by atoms with Gasteiger partial charge in [-0.2, -0.15) is 0 Å². The molecule has 0 bridgehead atoms. The van der Waals surface area contributed by atoms with E-state index in [9.17, 15) is 0 Å². The van der Waals surface area contributed by atoms with Crippen LogP contribution in [-0.2, 0) is 0 Å². The molecule has 1 heterocycles. The molecule has 10 heavy (non-hydrogen) atoms. The molecule has 0 fully saturated rings. The highest BCUT2D eigenvalue weighted by Gasteiger charge is 1.99. The Labute approximate surface area is 66.1 Å². The number of nitrogens with one attached hydrogen (secondary N) is 1. The van der Waals surface area contributed by atoms with Crippen LogP contribution in [0, 0.1) is 5.41 Å². The van der Waals surface area contributed by atoms with E-state index in [2.05, 4.69) is 4.98 Å². The third-order valence-electron chi connectivity index (χ3n) is 0.713. The molecule has 0 aliphatic heterocycles. The molecular weight excluding hydrogens is 168 g/mol. The average Bonchev–Trinajstić information content (AvgIpc) is 2.13. The van der Waals surface area contributed by atoms with Crippen LogP contribution in [-0.4, -0.2) is 10.2 Å². The van der Waals surface area contributed by atoms with Gasteiger partial charge in [-0.1, -0.05) is 11.3 Å². The van der Waals surface area contributed by atoms with Crippen LogP contribution < -0.4 is 11.5 Å². The van der Waals surface area contributed by atoms with Crippen LogP contribution >= 0.6 is 23.1 Å². The van der Waals surface area contributed by atoms with E-state index in [-0.39, 0.29) is 5.17 Å². The molecule has 0 amide bonds. The zero-order valence-corrected chi connectivity index (χ0v) is 6.63. The molecule has 0 aliphatic carbocycles. The van der Waals surface area contributed by atoms with Gasteiger partial charge in [0.2, 0.25) is 0 Å². The third kappa shape index (κ3) is 1.89. The summed E-state index contributed by atoms with van der Waals surface area (Å²) in [6.07, 6.45) is 1.60. The molecule has 0 unspecified atom stereocenters. The molecule has 0 spiro atoms. The fourth-order valence-electron chi connectivity index (χ4n) is 0.428.